The summed E-state index contributed by atoms with van der Waals surface area (Å²) in [7, 11) is 0. The Balaban J connectivity index is 0.000000110. The van der Waals surface area contributed by atoms with Gasteiger partial charge in [-0.05, 0) is 268 Å². The summed E-state index contributed by atoms with van der Waals surface area (Å²) < 4.78 is 0. The van der Waals surface area contributed by atoms with Gasteiger partial charge in [-0.1, -0.05) is 319 Å². The second kappa shape index (κ2) is 30.1. The van der Waals surface area contributed by atoms with Crippen LogP contribution in [-0.4, -0.2) is 9.97 Å². The molecule has 590 valence electrons. The van der Waals surface area contributed by atoms with Gasteiger partial charge in [-0.2, -0.15) is 0 Å². The van der Waals surface area contributed by atoms with Crippen LogP contribution in [0.3, 0.4) is 0 Å². The molecule has 0 radical (unpaired) electrons. The largest absolute Gasteiger partial charge is 0.310 e. The van der Waals surface area contributed by atoms with Crippen LogP contribution in [0.4, 0.5) is 50.6 Å². The zero-order valence-corrected chi connectivity index (χ0v) is 70.8. The molecule has 17 aromatic carbocycles. The van der Waals surface area contributed by atoms with E-state index >= 15 is 0 Å². The summed E-state index contributed by atoms with van der Waals surface area (Å²) in [5.74, 6) is 0.903. The molecule has 0 bridgehead atoms. The van der Waals surface area contributed by atoms with Crippen LogP contribution >= 0.6 is 11.3 Å². The monoisotopic (exact) mass is 1600 g/mol. The third-order valence-electron chi connectivity index (χ3n) is 26.8. The van der Waals surface area contributed by atoms with Gasteiger partial charge in [-0.15, -0.1) is 11.3 Å². The molecule has 24 rings (SSSR count). The number of hydrogen-bond donors (Lipinski definition) is 0. The zero-order valence-electron chi connectivity index (χ0n) is 70.0. The van der Waals surface area contributed by atoms with Crippen molar-refractivity contribution in [2.45, 2.75) is 83.5 Å². The van der Waals surface area contributed by atoms with Crippen molar-refractivity contribution in [3.8, 4) is 55.8 Å². The Morgan fingerprint density at radius 3 is 1.24 bits per heavy atom. The van der Waals surface area contributed by atoms with E-state index in [1.807, 2.05) is 41.9 Å². The first-order chi connectivity index (χ1) is 60.3. The normalized spacial score (nSPS) is 13.8. The predicted molar refractivity (Wildman–Crippen MR) is 522 cm³/mol. The lowest BCUT2D eigenvalue weighted by Gasteiger charge is -2.31. The molecule has 0 amide bonds. The van der Waals surface area contributed by atoms with Crippen LogP contribution in [0.1, 0.15) is 97.9 Å². The Kier molecular flexibility index (Phi) is 18.4. The second-order valence-corrected chi connectivity index (χ2v) is 35.8. The molecule has 3 heterocycles. The summed E-state index contributed by atoms with van der Waals surface area (Å²) >= 11 is 1.81. The molecule has 123 heavy (non-hydrogen) atoms. The molecule has 1 saturated carbocycles. The van der Waals surface area contributed by atoms with Crippen molar-refractivity contribution in [1.82, 2.24) is 9.97 Å². The van der Waals surface area contributed by atoms with E-state index in [0.29, 0.717) is 0 Å². The highest BCUT2D eigenvalue weighted by molar-refractivity contribution is 7.14. The molecular weight excluding hydrogens is 1510 g/mol. The maximum Gasteiger partial charge on any atom is 0.137 e. The molecule has 6 heteroatoms. The molecule has 0 N–H and O–H groups in total. The number of benzene rings is 17. The maximum absolute atomic E-state index is 4.77. The maximum atomic E-state index is 4.77. The number of aromatic nitrogens is 2. The van der Waals surface area contributed by atoms with E-state index in [2.05, 4.69) is 425 Å². The smallest absolute Gasteiger partial charge is 0.137 e. The molecule has 0 unspecified atom stereocenters. The van der Waals surface area contributed by atoms with Crippen molar-refractivity contribution in [3.63, 3.8) is 0 Å². The minimum atomic E-state index is -0.130. The van der Waals surface area contributed by atoms with Gasteiger partial charge in [-0.3, -0.25) is 9.88 Å². The van der Waals surface area contributed by atoms with E-state index in [0.717, 1.165) is 45.5 Å². The summed E-state index contributed by atoms with van der Waals surface area (Å²) in [5.41, 5.74) is 31.9. The summed E-state index contributed by atoms with van der Waals surface area (Å²) in [4.78, 5) is 16.5. The van der Waals surface area contributed by atoms with E-state index in [1.165, 1.54) is 190 Å². The van der Waals surface area contributed by atoms with Crippen molar-refractivity contribution in [1.29, 1.82) is 0 Å². The Morgan fingerprint density at radius 2 is 0.707 bits per heavy atom. The van der Waals surface area contributed by atoms with Gasteiger partial charge < -0.3 is 9.80 Å². The Hall–Kier alpha value is -14.3. The molecule has 4 aliphatic carbocycles. The molecule has 0 atom stereocenters. The molecule has 4 aliphatic rings. The topological polar surface area (TPSA) is 35.5 Å². The van der Waals surface area contributed by atoms with Gasteiger partial charge in [-0.25, -0.2) is 4.98 Å². The first-order valence-electron chi connectivity index (χ1n) is 43.3. The van der Waals surface area contributed by atoms with E-state index in [9.17, 15) is 0 Å². The zero-order chi connectivity index (χ0) is 82.7. The van der Waals surface area contributed by atoms with Crippen molar-refractivity contribution in [2.24, 2.45) is 0 Å². The quantitative estimate of drug-likeness (QED) is 0.121. The molecule has 1 spiro atoms. The Bertz CT molecular complexity index is 7450. The van der Waals surface area contributed by atoms with Gasteiger partial charge in [0.25, 0.3) is 0 Å². The number of thiophene rings is 1. The van der Waals surface area contributed by atoms with E-state index in [4.69, 9.17) is 4.98 Å². The number of hydrogen-bond acceptors (Lipinski definition) is 6. The lowest BCUT2D eigenvalue weighted by Crippen LogP contribution is -2.21. The van der Waals surface area contributed by atoms with Crippen molar-refractivity contribution < 1.29 is 0 Å². The van der Waals surface area contributed by atoms with Crippen molar-refractivity contribution in [3.05, 3.63) is 438 Å². The number of nitrogens with zero attached hydrogens (tertiary/aromatic N) is 5. The fourth-order valence-electron chi connectivity index (χ4n) is 21.4. The third-order valence-corrected chi connectivity index (χ3v) is 27.7. The number of anilines is 9. The Morgan fingerprint density at radius 1 is 0.285 bits per heavy atom. The highest BCUT2D eigenvalue weighted by Crippen LogP contribution is 2.61. The molecular formula is C117H91N5S. The third kappa shape index (κ3) is 12.7. The molecule has 5 nitrogen and oxygen atoms in total. The minimum Gasteiger partial charge on any atom is -0.310 e. The standard InChI is InChI=1S/C40H30N2.C39H29NS.C38H32N2/c1-40(2)36-26-31(22-24-34(36)35-23-19-28-11-4-6-14-33(28)39(35)40)42(38-16-9-12-27-10-3-5-13-32(27)38)30-20-17-29(18-21-30)37-15-7-8-25-41-37;1-4-13-30-26(10-1)17-19-34-33-20-18-29(25-35(33)39(37(30)34)21-7-8-22-39)40(36-16-9-23-41-36)38-31-14-5-2-11-27(31)24-28-12-3-6-15-32(28)38;1-25-21-26(2)23-29(22-25)27-12-15-30(16-13-27)40(36-11-7-8-20-39-36)31-17-19-33-34-18-14-28-9-5-6-10-32(28)37(34)38(3,4)35(33)24-31/h3-26H,1-2H3;1-6,9-20,23-25H,7-8,21-22H2;5-24H,1-4H3. The van der Waals surface area contributed by atoms with Crippen LogP contribution in [0.15, 0.2) is 394 Å². The summed E-state index contributed by atoms with van der Waals surface area (Å²) in [6.07, 6.45) is 8.73. The van der Waals surface area contributed by atoms with Gasteiger partial charge in [0.1, 0.15) is 5.82 Å². The highest BCUT2D eigenvalue weighted by atomic mass is 32.1. The van der Waals surface area contributed by atoms with E-state index < -0.39 is 0 Å². The average molecular weight is 1600 g/mol. The lowest BCUT2D eigenvalue weighted by atomic mass is 9.75. The van der Waals surface area contributed by atoms with Crippen LogP contribution in [0, 0.1) is 13.8 Å². The lowest BCUT2D eigenvalue weighted by molar-refractivity contribution is 0.554. The second-order valence-electron chi connectivity index (χ2n) is 34.9. The van der Waals surface area contributed by atoms with Gasteiger partial charge in [0.05, 0.1) is 22.1 Å². The first-order valence-corrected chi connectivity index (χ1v) is 44.1. The fourth-order valence-corrected chi connectivity index (χ4v) is 22.1. The predicted octanol–water partition coefficient (Wildman–Crippen LogP) is 32.6. The SMILES string of the molecule is CC1(C)c2cc(N(c3ccc(-c4ccccn4)cc3)c3cccc4ccccc34)ccc2-c2ccc3ccccc3c21.Cc1cc(C)cc(-c2ccc(N(c3ccc4c(c3)C(C)(C)c3c-4ccc4ccccc34)c3ccccn3)cc2)c1.c1csc(N(c2ccc3c(c2)C2(CCCC2)c2c-3ccc3ccccc23)c2c3ccccc3cc3ccccc23)c1. The van der Waals surface area contributed by atoms with Crippen molar-refractivity contribution >= 4 is 127 Å². The first kappa shape index (κ1) is 75.0. The van der Waals surface area contributed by atoms with E-state index in [-0.39, 0.29) is 16.2 Å². The van der Waals surface area contributed by atoms with Crippen LogP contribution in [0.25, 0.3) is 120 Å². The summed E-state index contributed by atoms with van der Waals surface area (Å²) in [5, 5.41) is 19.1. The molecule has 20 aromatic rings. The van der Waals surface area contributed by atoms with Crippen LogP contribution in [0.2, 0.25) is 0 Å². The Labute approximate surface area is 723 Å². The molecule has 0 saturated heterocycles. The molecule has 0 aliphatic heterocycles. The van der Waals surface area contributed by atoms with Crippen LogP contribution in [0.5, 0.6) is 0 Å². The van der Waals surface area contributed by atoms with E-state index in [1.54, 1.807) is 5.56 Å². The summed E-state index contributed by atoms with van der Waals surface area (Å²) in [6, 6.07) is 138. The van der Waals surface area contributed by atoms with Gasteiger partial charge >= 0.3 is 0 Å². The number of pyridine rings is 2. The summed E-state index contributed by atoms with van der Waals surface area (Å²) in [6.45, 7) is 13.8. The highest BCUT2D eigenvalue weighted by Gasteiger charge is 2.47. The van der Waals surface area contributed by atoms with Crippen LogP contribution < -0.4 is 14.7 Å². The molecule has 3 aromatic heterocycles. The van der Waals surface area contributed by atoms with Crippen LogP contribution in [-0.2, 0) is 16.2 Å². The average Bonchev–Trinajstić information content (AvgIpc) is 1.46. The van der Waals surface area contributed by atoms with Gasteiger partial charge in [0.15, 0.2) is 0 Å². The number of rotatable bonds is 11. The fraction of sp³-hybridized carbons (Fsp3) is 0.111. The number of fused-ring (bicyclic) bond motifs is 20. The van der Waals surface area contributed by atoms with Gasteiger partial charge in [0, 0.05) is 78.8 Å². The van der Waals surface area contributed by atoms with Gasteiger partial charge in [0.2, 0.25) is 0 Å². The van der Waals surface area contributed by atoms with Crippen molar-refractivity contribution in [2.75, 3.05) is 14.7 Å². The minimum absolute atomic E-state index is 0.0868. The number of aryl methyl sites for hydroxylation is 2. The molecule has 1 fully saturated rings.